The molecule has 1 saturated heterocycles. The van der Waals surface area contributed by atoms with Crippen molar-refractivity contribution in [3.8, 4) is 11.4 Å². The Morgan fingerprint density at radius 3 is 2.50 bits per heavy atom. The van der Waals surface area contributed by atoms with Crippen LogP contribution in [-0.4, -0.2) is 61.4 Å². The molecule has 0 bridgehead atoms. The number of methoxy groups -OCH3 is 1. The van der Waals surface area contributed by atoms with Gasteiger partial charge in [-0.05, 0) is 36.8 Å². The minimum Gasteiger partial charge on any atom is -0.496 e. The van der Waals surface area contributed by atoms with Gasteiger partial charge in [-0.15, -0.1) is 0 Å². The number of ether oxygens (including phenoxy) is 1. The van der Waals surface area contributed by atoms with Gasteiger partial charge in [-0.2, -0.15) is 16.7 Å². The van der Waals surface area contributed by atoms with Crippen molar-refractivity contribution in [2.24, 2.45) is 0 Å². The van der Waals surface area contributed by atoms with Crippen LogP contribution in [0.15, 0.2) is 48.8 Å². The van der Waals surface area contributed by atoms with Crippen LogP contribution in [0.25, 0.3) is 16.7 Å². The van der Waals surface area contributed by atoms with Gasteiger partial charge in [-0.25, -0.2) is 18.7 Å². The molecule has 0 aliphatic carbocycles. The third-order valence-electron chi connectivity index (χ3n) is 6.18. The number of halogens is 2. The maximum atomic E-state index is 15.2. The smallest absolute Gasteiger partial charge is 0.259 e. The summed E-state index contributed by atoms with van der Waals surface area (Å²) in [5.74, 6) is -2.58. The molecule has 0 spiro atoms. The van der Waals surface area contributed by atoms with Gasteiger partial charge in [0.1, 0.15) is 23.0 Å². The summed E-state index contributed by atoms with van der Waals surface area (Å²) in [6.07, 6.45) is 3.23. The van der Waals surface area contributed by atoms with E-state index in [2.05, 4.69) is 15.3 Å². The fraction of sp³-hybridized carbons (Fsp3) is 0.280. The average Bonchev–Trinajstić information content (AvgIpc) is 3.28. The number of nitrogens with zero attached hydrogens (tertiary/aromatic N) is 4. The summed E-state index contributed by atoms with van der Waals surface area (Å²) >= 11 is 1.65. The Balaban J connectivity index is 1.49. The maximum absolute atomic E-state index is 15.2. The van der Waals surface area contributed by atoms with E-state index in [1.165, 1.54) is 9.47 Å². The monoisotopic (exact) mass is 513 g/mol. The number of hydrogen-bond donors (Lipinski definition) is 3. The Bertz CT molecular complexity index is 1400. The fourth-order valence-corrected chi connectivity index (χ4v) is 5.17. The SMILES string of the molecule is COc1cc(Nc2ncc3ccn(-c4cc(F)c(C(O)(O)N5CCSCC5)c(F)c4)c3n2)ccc1C. The van der Waals surface area contributed by atoms with E-state index in [1.54, 1.807) is 37.3 Å². The van der Waals surface area contributed by atoms with Crippen molar-refractivity contribution in [1.29, 1.82) is 0 Å². The highest BCUT2D eigenvalue weighted by Crippen LogP contribution is 2.32. The summed E-state index contributed by atoms with van der Waals surface area (Å²) in [5, 5.41) is 25.1. The van der Waals surface area contributed by atoms with Crippen LogP contribution < -0.4 is 10.1 Å². The van der Waals surface area contributed by atoms with E-state index in [-0.39, 0.29) is 5.69 Å². The lowest BCUT2D eigenvalue weighted by Gasteiger charge is -2.37. The summed E-state index contributed by atoms with van der Waals surface area (Å²) in [5.41, 5.74) is 1.48. The number of anilines is 2. The molecule has 36 heavy (non-hydrogen) atoms. The summed E-state index contributed by atoms with van der Waals surface area (Å²) in [4.78, 5) is 10.1. The molecule has 0 atom stereocenters. The Kier molecular flexibility index (Phi) is 6.56. The molecule has 3 heterocycles. The van der Waals surface area contributed by atoms with E-state index in [4.69, 9.17) is 4.74 Å². The number of rotatable bonds is 6. The molecule has 2 aromatic heterocycles. The molecule has 1 aliphatic rings. The standard InChI is InChI=1S/C25H25F2N5O3S/c1-15-3-4-17(11-21(15)35-2)29-24-28-14-16-5-6-32(23(16)30-24)18-12-19(26)22(20(27)13-18)25(33,34)31-7-9-36-10-8-31/h3-6,11-14,33-34H,7-10H2,1-2H3,(H,28,29,30). The zero-order valence-electron chi connectivity index (χ0n) is 19.7. The zero-order valence-corrected chi connectivity index (χ0v) is 20.5. The quantitative estimate of drug-likeness (QED) is 0.334. The molecule has 2 aromatic carbocycles. The maximum Gasteiger partial charge on any atom is 0.259 e. The van der Waals surface area contributed by atoms with Crippen LogP contribution in [0.2, 0.25) is 0 Å². The number of nitrogens with one attached hydrogen (secondary N) is 1. The number of hydrogen-bond acceptors (Lipinski definition) is 8. The topological polar surface area (TPSA) is 95.7 Å². The fourth-order valence-electron chi connectivity index (χ4n) is 4.27. The van der Waals surface area contributed by atoms with Crippen LogP contribution >= 0.6 is 11.8 Å². The van der Waals surface area contributed by atoms with Crippen LogP contribution in [-0.2, 0) is 5.91 Å². The number of fused-ring (bicyclic) bond motifs is 1. The summed E-state index contributed by atoms with van der Waals surface area (Å²) in [7, 11) is 1.59. The second-order valence-electron chi connectivity index (χ2n) is 8.49. The molecule has 5 rings (SSSR count). The molecule has 1 fully saturated rings. The molecular weight excluding hydrogens is 488 g/mol. The molecule has 0 amide bonds. The van der Waals surface area contributed by atoms with E-state index in [1.807, 2.05) is 25.1 Å². The van der Waals surface area contributed by atoms with E-state index in [0.29, 0.717) is 47.3 Å². The van der Waals surface area contributed by atoms with E-state index < -0.39 is 23.1 Å². The van der Waals surface area contributed by atoms with Gasteiger partial charge < -0.3 is 24.8 Å². The minimum absolute atomic E-state index is 0.149. The van der Waals surface area contributed by atoms with Crippen LogP contribution in [0.1, 0.15) is 11.1 Å². The van der Waals surface area contributed by atoms with Crippen molar-refractivity contribution in [1.82, 2.24) is 19.4 Å². The van der Waals surface area contributed by atoms with Gasteiger partial charge in [0.05, 0.1) is 18.4 Å². The Morgan fingerprint density at radius 2 is 1.81 bits per heavy atom. The van der Waals surface area contributed by atoms with Gasteiger partial charge in [0.15, 0.2) is 0 Å². The average molecular weight is 514 g/mol. The molecule has 3 N–H and O–H groups in total. The van der Waals surface area contributed by atoms with E-state index in [9.17, 15) is 10.2 Å². The number of thioether (sulfide) groups is 1. The van der Waals surface area contributed by atoms with Crippen molar-refractivity contribution in [3.63, 3.8) is 0 Å². The van der Waals surface area contributed by atoms with E-state index in [0.717, 1.165) is 23.4 Å². The molecule has 11 heteroatoms. The highest BCUT2D eigenvalue weighted by Gasteiger charge is 2.40. The Labute approximate surface area is 210 Å². The first-order valence-electron chi connectivity index (χ1n) is 11.3. The second kappa shape index (κ2) is 9.66. The molecule has 4 aromatic rings. The summed E-state index contributed by atoms with van der Waals surface area (Å²) in [6, 6.07) is 9.45. The largest absolute Gasteiger partial charge is 0.496 e. The third kappa shape index (κ3) is 4.50. The number of aliphatic hydroxyl groups is 2. The second-order valence-corrected chi connectivity index (χ2v) is 9.71. The predicted molar refractivity (Wildman–Crippen MR) is 135 cm³/mol. The van der Waals surface area contributed by atoms with Gasteiger partial charge in [-0.1, -0.05) is 6.07 Å². The van der Waals surface area contributed by atoms with Gasteiger partial charge >= 0.3 is 0 Å². The highest BCUT2D eigenvalue weighted by atomic mass is 32.2. The van der Waals surface area contributed by atoms with Crippen molar-refractivity contribution < 1.29 is 23.7 Å². The van der Waals surface area contributed by atoms with Crippen LogP contribution in [0.4, 0.5) is 20.4 Å². The first kappa shape index (κ1) is 24.4. The lowest BCUT2D eigenvalue weighted by atomic mass is 10.1. The van der Waals surface area contributed by atoms with Gasteiger partial charge in [0.25, 0.3) is 5.91 Å². The predicted octanol–water partition coefficient (Wildman–Crippen LogP) is 3.90. The molecule has 0 radical (unpaired) electrons. The molecule has 1 aliphatic heterocycles. The van der Waals surface area contributed by atoms with E-state index >= 15 is 8.78 Å². The molecule has 0 saturated carbocycles. The Hall–Kier alpha value is -3.25. The lowest BCUT2D eigenvalue weighted by Crippen LogP contribution is -2.51. The highest BCUT2D eigenvalue weighted by molar-refractivity contribution is 7.99. The Morgan fingerprint density at radius 1 is 1.08 bits per heavy atom. The van der Waals surface area contributed by atoms with Gasteiger partial charge in [0.2, 0.25) is 5.95 Å². The van der Waals surface area contributed by atoms with Crippen molar-refractivity contribution in [2.75, 3.05) is 37.0 Å². The summed E-state index contributed by atoms with van der Waals surface area (Å²) < 4.78 is 37.2. The first-order chi connectivity index (χ1) is 17.3. The molecular formula is C25H25F2N5O3S. The first-order valence-corrected chi connectivity index (χ1v) is 12.5. The lowest BCUT2D eigenvalue weighted by molar-refractivity contribution is -0.276. The van der Waals surface area contributed by atoms with Gasteiger partial charge in [0, 0.05) is 54.1 Å². The zero-order chi connectivity index (χ0) is 25.4. The normalized spacial score (nSPS) is 14.8. The molecule has 188 valence electrons. The van der Waals surface area contributed by atoms with Crippen LogP contribution in [0.3, 0.4) is 0 Å². The number of aryl methyl sites for hydroxylation is 1. The number of benzene rings is 2. The van der Waals surface area contributed by atoms with Crippen LogP contribution in [0, 0.1) is 18.6 Å². The summed E-state index contributed by atoms with van der Waals surface area (Å²) in [6.45, 7) is 2.55. The third-order valence-corrected chi connectivity index (χ3v) is 7.13. The number of aromatic nitrogens is 3. The molecule has 8 nitrogen and oxygen atoms in total. The van der Waals surface area contributed by atoms with Crippen LogP contribution in [0.5, 0.6) is 5.75 Å². The van der Waals surface area contributed by atoms with Gasteiger partial charge in [-0.3, -0.25) is 0 Å². The van der Waals surface area contributed by atoms with Crippen molar-refractivity contribution in [2.45, 2.75) is 12.8 Å². The van der Waals surface area contributed by atoms with Crippen molar-refractivity contribution in [3.05, 3.63) is 71.6 Å². The minimum atomic E-state index is -2.75. The molecule has 0 unspecified atom stereocenters. The van der Waals surface area contributed by atoms with Crippen molar-refractivity contribution >= 4 is 34.4 Å².